The molecular formula is C22H26ClFNO2P. The largest absolute Gasteiger partial charge is 0.506 e. The van der Waals surface area contributed by atoms with Gasteiger partial charge in [0.05, 0.1) is 10.6 Å². The van der Waals surface area contributed by atoms with Crippen molar-refractivity contribution in [3.05, 3.63) is 51.3 Å². The number of carbonyl (C=O) groups excluding carboxylic acids is 1. The molecule has 0 aliphatic heterocycles. The Kier molecular flexibility index (Phi) is 5.27. The van der Waals surface area contributed by atoms with Crippen molar-refractivity contribution in [3.8, 4) is 5.75 Å². The topological polar surface area (TPSA) is 49.3 Å². The van der Waals surface area contributed by atoms with Crippen LogP contribution < -0.4 is 10.6 Å². The summed E-state index contributed by atoms with van der Waals surface area (Å²) >= 11 is 6.55. The van der Waals surface area contributed by atoms with Crippen molar-refractivity contribution in [1.29, 1.82) is 0 Å². The Hall–Kier alpha value is -1.64. The van der Waals surface area contributed by atoms with E-state index < -0.39 is 11.7 Å². The molecule has 150 valence electrons. The van der Waals surface area contributed by atoms with Gasteiger partial charge in [-0.3, -0.25) is 4.79 Å². The van der Waals surface area contributed by atoms with E-state index in [2.05, 4.69) is 42.3 Å². The van der Waals surface area contributed by atoms with Crippen molar-refractivity contribution in [2.24, 2.45) is 0 Å². The fourth-order valence-electron chi connectivity index (χ4n) is 3.86. The minimum Gasteiger partial charge on any atom is -0.506 e. The molecule has 1 aliphatic carbocycles. The third-order valence-electron chi connectivity index (χ3n) is 5.91. The van der Waals surface area contributed by atoms with Crippen molar-refractivity contribution in [2.75, 3.05) is 5.32 Å². The minimum atomic E-state index is -0.519. The van der Waals surface area contributed by atoms with Gasteiger partial charge in [-0.25, -0.2) is 4.39 Å². The molecule has 0 heterocycles. The molecule has 2 aromatic carbocycles. The summed E-state index contributed by atoms with van der Waals surface area (Å²) in [6.45, 7) is 10.1. The Morgan fingerprint density at radius 2 is 1.79 bits per heavy atom. The molecule has 0 radical (unpaired) electrons. The van der Waals surface area contributed by atoms with E-state index in [0.29, 0.717) is 16.6 Å². The highest BCUT2D eigenvalue weighted by Crippen LogP contribution is 2.51. The first-order valence-electron chi connectivity index (χ1n) is 9.28. The molecule has 0 spiro atoms. The summed E-state index contributed by atoms with van der Waals surface area (Å²) in [5.41, 5.74) is 2.44. The van der Waals surface area contributed by atoms with Gasteiger partial charge in [0.2, 0.25) is 0 Å². The van der Waals surface area contributed by atoms with Gasteiger partial charge in [0.25, 0.3) is 5.91 Å². The van der Waals surface area contributed by atoms with Gasteiger partial charge < -0.3 is 10.4 Å². The number of rotatable bonds is 2. The average molecular weight is 422 g/mol. The number of anilines is 1. The SMILES string of the molecule is Cc1c(F)cc(NC(=O)c2cc3c(c(Cl)c2O)C(C)(C)CCC3(C)C)cc1P. The lowest BCUT2D eigenvalue weighted by Crippen LogP contribution is -2.34. The molecule has 1 unspecified atom stereocenters. The highest BCUT2D eigenvalue weighted by Gasteiger charge is 2.40. The van der Waals surface area contributed by atoms with Gasteiger partial charge in [0.15, 0.2) is 0 Å². The van der Waals surface area contributed by atoms with Gasteiger partial charge in [0.1, 0.15) is 11.6 Å². The fraction of sp³-hybridized carbons (Fsp3) is 0.409. The van der Waals surface area contributed by atoms with Crippen LogP contribution in [-0.4, -0.2) is 11.0 Å². The second-order valence-corrected chi connectivity index (χ2v) is 9.90. The van der Waals surface area contributed by atoms with E-state index in [-0.39, 0.29) is 27.2 Å². The first-order valence-corrected chi connectivity index (χ1v) is 10.2. The number of phenolic OH excluding ortho intramolecular Hbond substituents is 1. The van der Waals surface area contributed by atoms with Gasteiger partial charge in [-0.05, 0) is 70.8 Å². The molecule has 2 aromatic rings. The summed E-state index contributed by atoms with van der Waals surface area (Å²) in [4.78, 5) is 12.9. The molecule has 1 aliphatic rings. The number of amides is 1. The van der Waals surface area contributed by atoms with Crippen LogP contribution in [0.15, 0.2) is 18.2 Å². The van der Waals surface area contributed by atoms with Gasteiger partial charge in [-0.2, -0.15) is 0 Å². The quantitative estimate of drug-likeness (QED) is 0.620. The number of phenols is 1. The Balaban J connectivity index is 2.08. The van der Waals surface area contributed by atoms with Gasteiger partial charge in [-0.1, -0.05) is 39.3 Å². The van der Waals surface area contributed by atoms with E-state index in [1.54, 1.807) is 19.1 Å². The van der Waals surface area contributed by atoms with Crippen LogP contribution in [-0.2, 0) is 10.8 Å². The normalized spacial score (nSPS) is 17.1. The number of hydrogen-bond donors (Lipinski definition) is 2. The zero-order valence-corrected chi connectivity index (χ0v) is 18.7. The number of halogens is 2. The molecule has 0 aromatic heterocycles. The third-order valence-corrected chi connectivity index (χ3v) is 6.88. The van der Waals surface area contributed by atoms with Crippen LogP contribution in [0, 0.1) is 12.7 Å². The zero-order chi connectivity index (χ0) is 21.0. The molecule has 0 saturated carbocycles. The van der Waals surface area contributed by atoms with E-state index in [4.69, 9.17) is 11.6 Å². The van der Waals surface area contributed by atoms with E-state index in [0.717, 1.165) is 24.0 Å². The van der Waals surface area contributed by atoms with Crippen molar-refractivity contribution in [1.82, 2.24) is 0 Å². The highest BCUT2D eigenvalue weighted by molar-refractivity contribution is 7.27. The van der Waals surface area contributed by atoms with Crippen LogP contribution in [0.1, 0.15) is 67.6 Å². The van der Waals surface area contributed by atoms with Gasteiger partial charge in [-0.15, -0.1) is 9.24 Å². The Bertz CT molecular complexity index is 962. The number of hydrogen-bond acceptors (Lipinski definition) is 2. The van der Waals surface area contributed by atoms with E-state index in [9.17, 15) is 14.3 Å². The molecule has 1 amide bonds. The van der Waals surface area contributed by atoms with Crippen molar-refractivity contribution >= 4 is 37.7 Å². The first kappa shape index (κ1) is 21.1. The lowest BCUT2D eigenvalue weighted by molar-refractivity contribution is 0.102. The lowest BCUT2D eigenvalue weighted by Gasteiger charge is -2.42. The smallest absolute Gasteiger partial charge is 0.259 e. The monoisotopic (exact) mass is 421 g/mol. The predicted octanol–water partition coefficient (Wildman–Crippen LogP) is 5.59. The van der Waals surface area contributed by atoms with Gasteiger partial charge in [0, 0.05) is 5.69 Å². The van der Waals surface area contributed by atoms with E-state index in [1.165, 1.54) is 6.07 Å². The van der Waals surface area contributed by atoms with Crippen molar-refractivity contribution < 1.29 is 14.3 Å². The summed E-state index contributed by atoms with van der Waals surface area (Å²) in [5.74, 6) is -1.16. The number of aromatic hydroxyl groups is 1. The molecule has 0 fully saturated rings. The minimum absolute atomic E-state index is 0.0980. The fourth-order valence-corrected chi connectivity index (χ4v) is 4.64. The maximum Gasteiger partial charge on any atom is 0.259 e. The molecule has 0 bridgehead atoms. The third kappa shape index (κ3) is 3.53. The lowest BCUT2D eigenvalue weighted by atomic mass is 9.63. The van der Waals surface area contributed by atoms with Gasteiger partial charge >= 0.3 is 0 Å². The Morgan fingerprint density at radius 3 is 2.39 bits per heavy atom. The molecular weight excluding hydrogens is 396 g/mol. The second kappa shape index (κ2) is 7.00. The number of carbonyl (C=O) groups is 1. The summed E-state index contributed by atoms with van der Waals surface area (Å²) in [5, 5.41) is 14.2. The van der Waals surface area contributed by atoms with Crippen LogP contribution in [0.3, 0.4) is 0 Å². The standard InChI is InChI=1S/C22H26ClFNO2P/c1-11-15(24)8-12(9-16(11)28)25-20(27)13-10-14-17(18(23)19(13)26)22(4,5)7-6-21(14,2)3/h8-10,26H,6-7,28H2,1-5H3,(H,25,27). The Labute approximate surface area is 172 Å². The number of nitrogens with one attached hydrogen (secondary N) is 1. The summed E-state index contributed by atoms with van der Waals surface area (Å²) in [7, 11) is 2.45. The summed E-state index contributed by atoms with van der Waals surface area (Å²) < 4.78 is 14.0. The molecule has 3 nitrogen and oxygen atoms in total. The zero-order valence-electron chi connectivity index (χ0n) is 16.8. The molecule has 6 heteroatoms. The van der Waals surface area contributed by atoms with Crippen molar-refractivity contribution in [2.45, 2.75) is 58.3 Å². The highest BCUT2D eigenvalue weighted by atomic mass is 35.5. The molecule has 2 N–H and O–H groups in total. The molecule has 28 heavy (non-hydrogen) atoms. The van der Waals surface area contributed by atoms with Crippen LogP contribution >= 0.6 is 20.8 Å². The van der Waals surface area contributed by atoms with Crippen molar-refractivity contribution in [3.63, 3.8) is 0 Å². The maximum absolute atomic E-state index is 14.0. The van der Waals surface area contributed by atoms with E-state index >= 15 is 0 Å². The first-order chi connectivity index (χ1) is 12.8. The van der Waals surface area contributed by atoms with Crippen LogP contribution in [0.25, 0.3) is 0 Å². The van der Waals surface area contributed by atoms with Crippen LogP contribution in [0.2, 0.25) is 5.02 Å². The number of fused-ring (bicyclic) bond motifs is 1. The average Bonchev–Trinajstić information content (AvgIpc) is 2.58. The van der Waals surface area contributed by atoms with Crippen LogP contribution in [0.4, 0.5) is 10.1 Å². The predicted molar refractivity (Wildman–Crippen MR) is 117 cm³/mol. The number of benzene rings is 2. The molecule has 3 rings (SSSR count). The van der Waals surface area contributed by atoms with Crippen LogP contribution in [0.5, 0.6) is 5.75 Å². The Morgan fingerprint density at radius 1 is 1.18 bits per heavy atom. The van der Waals surface area contributed by atoms with E-state index in [1.807, 2.05) is 0 Å². The molecule has 1 atom stereocenters. The second-order valence-electron chi connectivity index (χ2n) is 8.90. The summed E-state index contributed by atoms with van der Waals surface area (Å²) in [6, 6.07) is 4.68. The summed E-state index contributed by atoms with van der Waals surface area (Å²) in [6.07, 6.45) is 1.89. The molecule has 0 saturated heterocycles. The maximum atomic E-state index is 14.0.